The minimum atomic E-state index is -0.00844. The average molecular weight is 271 g/mol. The van der Waals surface area contributed by atoms with E-state index < -0.39 is 0 Å². The molecule has 0 N–H and O–H groups in total. The number of aryl methyl sites for hydroxylation is 2. The molecule has 0 aliphatic heterocycles. The van der Waals surface area contributed by atoms with Crippen LogP contribution < -0.4 is 0 Å². The molecule has 1 aromatic heterocycles. The molecule has 0 radical (unpaired) electrons. The molecule has 2 rings (SSSR count). The number of carbonyl (C=O) groups excluding carboxylic acids is 1. The molecule has 0 aliphatic rings. The van der Waals surface area contributed by atoms with Crippen molar-refractivity contribution in [1.82, 2.24) is 9.78 Å². The summed E-state index contributed by atoms with van der Waals surface area (Å²) < 4.78 is 1.77. The molecule has 5 heteroatoms. The third-order valence-electron chi connectivity index (χ3n) is 2.66. The van der Waals surface area contributed by atoms with E-state index in [1.54, 1.807) is 22.9 Å². The van der Waals surface area contributed by atoms with E-state index in [4.69, 9.17) is 5.26 Å². The minimum Gasteiger partial charge on any atom is -0.294 e. The molecule has 2 aromatic rings. The fourth-order valence-electron chi connectivity index (χ4n) is 1.76. The molecule has 0 unspecified atom stereocenters. The van der Waals surface area contributed by atoms with Gasteiger partial charge in [-0.2, -0.15) is 10.4 Å². The number of rotatable bonds is 3. The molecule has 0 atom stereocenters. The van der Waals surface area contributed by atoms with Crippen LogP contribution in [0.3, 0.4) is 0 Å². The highest BCUT2D eigenvalue weighted by Gasteiger charge is 2.12. The standard InChI is InChI=1S/C14H13N3OS/c1-9-6-14(17(3)16-9)19-13-7-11(8-15)4-5-12(13)10(2)18/h4-7H,1-3H3. The van der Waals surface area contributed by atoms with Crippen LogP contribution in [-0.4, -0.2) is 15.6 Å². The maximum atomic E-state index is 11.6. The van der Waals surface area contributed by atoms with E-state index in [9.17, 15) is 4.79 Å². The van der Waals surface area contributed by atoms with Crippen LogP contribution in [0.4, 0.5) is 0 Å². The highest BCUT2D eigenvalue weighted by molar-refractivity contribution is 7.99. The Hall–Kier alpha value is -2.06. The van der Waals surface area contributed by atoms with Crippen molar-refractivity contribution < 1.29 is 4.79 Å². The van der Waals surface area contributed by atoms with Gasteiger partial charge in [-0.25, -0.2) is 0 Å². The summed E-state index contributed by atoms with van der Waals surface area (Å²) in [5.74, 6) is -0.00844. The normalized spacial score (nSPS) is 10.2. The van der Waals surface area contributed by atoms with Crippen molar-refractivity contribution in [3.05, 3.63) is 41.1 Å². The largest absolute Gasteiger partial charge is 0.294 e. The number of aromatic nitrogens is 2. The first kappa shape index (κ1) is 13.4. The van der Waals surface area contributed by atoms with Gasteiger partial charge in [0, 0.05) is 17.5 Å². The summed E-state index contributed by atoms with van der Waals surface area (Å²) in [7, 11) is 1.86. The average Bonchev–Trinajstić information content (AvgIpc) is 2.67. The lowest BCUT2D eigenvalue weighted by molar-refractivity contribution is 0.101. The molecular weight excluding hydrogens is 258 g/mol. The number of carbonyl (C=O) groups is 1. The summed E-state index contributed by atoms with van der Waals surface area (Å²) in [6.07, 6.45) is 0. The lowest BCUT2D eigenvalue weighted by atomic mass is 10.1. The summed E-state index contributed by atoms with van der Waals surface area (Å²) in [6.45, 7) is 3.45. The first-order valence-corrected chi connectivity index (χ1v) is 6.56. The summed E-state index contributed by atoms with van der Waals surface area (Å²) in [5.41, 5.74) is 2.10. The van der Waals surface area contributed by atoms with Crippen molar-refractivity contribution in [2.45, 2.75) is 23.8 Å². The van der Waals surface area contributed by atoms with Crippen molar-refractivity contribution in [2.75, 3.05) is 0 Å². The summed E-state index contributed by atoms with van der Waals surface area (Å²) in [5, 5.41) is 14.2. The van der Waals surface area contributed by atoms with Crippen molar-refractivity contribution >= 4 is 17.5 Å². The van der Waals surface area contributed by atoms with Gasteiger partial charge in [0.05, 0.1) is 22.4 Å². The molecule has 4 nitrogen and oxygen atoms in total. The van der Waals surface area contributed by atoms with Gasteiger partial charge in [0.15, 0.2) is 5.78 Å². The zero-order valence-electron chi connectivity index (χ0n) is 11.0. The first-order chi connectivity index (χ1) is 9.01. The van der Waals surface area contributed by atoms with Crippen LogP contribution in [0.15, 0.2) is 34.2 Å². The molecule has 0 fully saturated rings. The van der Waals surface area contributed by atoms with Crippen molar-refractivity contribution in [2.24, 2.45) is 7.05 Å². The van der Waals surface area contributed by atoms with E-state index in [0.717, 1.165) is 15.6 Å². The maximum absolute atomic E-state index is 11.6. The Bertz CT molecular complexity index is 682. The van der Waals surface area contributed by atoms with E-state index in [-0.39, 0.29) is 5.78 Å². The lowest BCUT2D eigenvalue weighted by Crippen LogP contribution is -1.97. The molecule has 96 valence electrons. The molecule has 1 heterocycles. The van der Waals surface area contributed by atoms with Gasteiger partial charge in [0.25, 0.3) is 0 Å². The van der Waals surface area contributed by atoms with Gasteiger partial charge in [0.2, 0.25) is 0 Å². The Balaban J connectivity index is 2.46. The van der Waals surface area contributed by atoms with Crippen LogP contribution >= 0.6 is 11.8 Å². The molecule has 0 saturated carbocycles. The quantitative estimate of drug-likeness (QED) is 0.805. The smallest absolute Gasteiger partial charge is 0.160 e. The monoisotopic (exact) mass is 271 g/mol. The van der Waals surface area contributed by atoms with Crippen LogP contribution in [0.2, 0.25) is 0 Å². The molecule has 0 saturated heterocycles. The van der Waals surface area contributed by atoms with Gasteiger partial charge in [-0.15, -0.1) is 0 Å². The molecule has 19 heavy (non-hydrogen) atoms. The summed E-state index contributed by atoms with van der Waals surface area (Å²) in [6, 6.07) is 9.15. The summed E-state index contributed by atoms with van der Waals surface area (Å²) >= 11 is 1.45. The Morgan fingerprint density at radius 2 is 2.16 bits per heavy atom. The Kier molecular flexibility index (Phi) is 3.72. The zero-order valence-corrected chi connectivity index (χ0v) is 11.8. The Labute approximate surface area is 116 Å². The van der Waals surface area contributed by atoms with Gasteiger partial charge >= 0.3 is 0 Å². The highest BCUT2D eigenvalue weighted by atomic mass is 32.2. The predicted molar refractivity (Wildman–Crippen MR) is 73.2 cm³/mol. The predicted octanol–water partition coefficient (Wildman–Crippen LogP) is 2.95. The number of hydrogen-bond donors (Lipinski definition) is 0. The molecular formula is C14H13N3OS. The van der Waals surface area contributed by atoms with E-state index in [0.29, 0.717) is 11.1 Å². The maximum Gasteiger partial charge on any atom is 0.160 e. The van der Waals surface area contributed by atoms with E-state index >= 15 is 0 Å². The fraction of sp³-hybridized carbons (Fsp3) is 0.214. The van der Waals surface area contributed by atoms with Crippen LogP contribution in [-0.2, 0) is 7.05 Å². The van der Waals surface area contributed by atoms with Crippen LogP contribution in [0.25, 0.3) is 0 Å². The van der Waals surface area contributed by atoms with Gasteiger partial charge in [-0.1, -0.05) is 11.8 Å². The number of nitriles is 1. The van der Waals surface area contributed by atoms with E-state index in [2.05, 4.69) is 11.2 Å². The van der Waals surface area contributed by atoms with Crippen molar-refractivity contribution in [3.8, 4) is 6.07 Å². The Morgan fingerprint density at radius 1 is 1.42 bits per heavy atom. The number of benzene rings is 1. The third-order valence-corrected chi connectivity index (χ3v) is 3.81. The third kappa shape index (κ3) is 2.85. The fourth-order valence-corrected chi connectivity index (χ4v) is 2.90. The van der Waals surface area contributed by atoms with Crippen molar-refractivity contribution in [1.29, 1.82) is 5.26 Å². The summed E-state index contributed by atoms with van der Waals surface area (Å²) in [4.78, 5) is 12.4. The number of hydrogen-bond acceptors (Lipinski definition) is 4. The lowest BCUT2D eigenvalue weighted by Gasteiger charge is -2.07. The molecule has 0 spiro atoms. The number of Topliss-reactive ketones (excluding diaryl/α,β-unsaturated/α-hetero) is 1. The number of nitrogens with zero attached hydrogens (tertiary/aromatic N) is 3. The van der Waals surface area contributed by atoms with E-state index in [1.165, 1.54) is 18.7 Å². The Morgan fingerprint density at radius 3 is 2.68 bits per heavy atom. The molecule has 0 aliphatic carbocycles. The topological polar surface area (TPSA) is 58.7 Å². The van der Waals surface area contributed by atoms with Crippen LogP contribution in [0, 0.1) is 18.3 Å². The van der Waals surface area contributed by atoms with Gasteiger partial charge < -0.3 is 0 Å². The zero-order chi connectivity index (χ0) is 14.0. The first-order valence-electron chi connectivity index (χ1n) is 5.75. The number of ketones is 1. The molecule has 1 aromatic carbocycles. The SMILES string of the molecule is CC(=O)c1ccc(C#N)cc1Sc1cc(C)nn1C. The minimum absolute atomic E-state index is 0.00844. The highest BCUT2D eigenvalue weighted by Crippen LogP contribution is 2.31. The van der Waals surface area contributed by atoms with Gasteiger partial charge in [0.1, 0.15) is 0 Å². The second kappa shape index (κ2) is 5.29. The second-order valence-electron chi connectivity index (χ2n) is 4.23. The molecule has 0 amide bonds. The van der Waals surface area contributed by atoms with Crippen molar-refractivity contribution in [3.63, 3.8) is 0 Å². The second-order valence-corrected chi connectivity index (χ2v) is 5.29. The van der Waals surface area contributed by atoms with Gasteiger partial charge in [-0.05, 0) is 38.1 Å². The van der Waals surface area contributed by atoms with Crippen LogP contribution in [0.5, 0.6) is 0 Å². The van der Waals surface area contributed by atoms with E-state index in [1.807, 2.05) is 20.0 Å². The van der Waals surface area contributed by atoms with Crippen LogP contribution in [0.1, 0.15) is 28.5 Å². The molecule has 0 bridgehead atoms. The van der Waals surface area contributed by atoms with Gasteiger partial charge in [-0.3, -0.25) is 9.48 Å².